The summed E-state index contributed by atoms with van der Waals surface area (Å²) in [5.41, 5.74) is 6.33. The standard InChI is InChI=1S/C26H28N2O2S/c1-25(2)9-11-28-12-10-26(3,4)20-21(28)17(25)14-15-13-16(24(29)30-22(15)20)23-27-18-7-5-6-8-19(18)31-23/h5-8,13-14,23,27H,9-12H2,1-4H3. The van der Waals surface area contributed by atoms with Gasteiger partial charge in [0.1, 0.15) is 11.0 Å². The van der Waals surface area contributed by atoms with Crippen LogP contribution in [0.25, 0.3) is 11.0 Å². The second-order valence-corrected chi connectivity index (χ2v) is 11.6. The van der Waals surface area contributed by atoms with Gasteiger partial charge in [-0.25, -0.2) is 4.79 Å². The summed E-state index contributed by atoms with van der Waals surface area (Å²) in [6.07, 6.45) is 2.21. The smallest absolute Gasteiger partial charge is 0.342 e. The quantitative estimate of drug-likeness (QED) is 0.465. The van der Waals surface area contributed by atoms with Gasteiger partial charge in [0.2, 0.25) is 0 Å². The molecule has 1 aromatic heterocycles. The van der Waals surface area contributed by atoms with Gasteiger partial charge in [0.05, 0.1) is 5.56 Å². The first-order valence-electron chi connectivity index (χ1n) is 11.2. The zero-order valence-electron chi connectivity index (χ0n) is 18.5. The maximum atomic E-state index is 13.2. The summed E-state index contributed by atoms with van der Waals surface area (Å²) >= 11 is 1.68. The van der Waals surface area contributed by atoms with Gasteiger partial charge in [-0.3, -0.25) is 0 Å². The Hall–Kier alpha value is -2.40. The molecule has 3 aliphatic heterocycles. The molecule has 0 saturated carbocycles. The molecule has 0 bridgehead atoms. The Balaban J connectivity index is 1.58. The van der Waals surface area contributed by atoms with E-state index in [1.54, 1.807) is 11.8 Å². The highest BCUT2D eigenvalue weighted by molar-refractivity contribution is 8.00. The fraction of sp³-hybridized carbons (Fsp3) is 0.423. The lowest BCUT2D eigenvalue weighted by atomic mass is 9.69. The molecule has 0 amide bonds. The van der Waals surface area contributed by atoms with E-state index < -0.39 is 0 Å². The molecule has 0 radical (unpaired) electrons. The van der Waals surface area contributed by atoms with E-state index in [9.17, 15) is 4.79 Å². The van der Waals surface area contributed by atoms with Gasteiger partial charge in [-0.1, -0.05) is 51.6 Å². The average molecular weight is 433 g/mol. The molecule has 1 unspecified atom stereocenters. The van der Waals surface area contributed by atoms with Crippen molar-refractivity contribution in [2.45, 2.75) is 61.6 Å². The minimum absolute atomic E-state index is 0.0262. The molecule has 160 valence electrons. The van der Waals surface area contributed by atoms with Gasteiger partial charge >= 0.3 is 5.63 Å². The number of para-hydroxylation sites is 1. The van der Waals surface area contributed by atoms with Gasteiger partial charge in [-0.05, 0) is 53.5 Å². The third-order valence-electron chi connectivity index (χ3n) is 7.46. The minimum Gasteiger partial charge on any atom is -0.422 e. The van der Waals surface area contributed by atoms with E-state index in [-0.39, 0.29) is 21.8 Å². The Labute approximate surface area is 187 Å². The summed E-state index contributed by atoms with van der Waals surface area (Å²) < 4.78 is 6.14. The number of nitrogens with zero attached hydrogens (tertiary/aromatic N) is 1. The highest BCUT2D eigenvalue weighted by Crippen LogP contribution is 2.52. The Morgan fingerprint density at radius 1 is 1.06 bits per heavy atom. The number of hydrogen-bond acceptors (Lipinski definition) is 5. The highest BCUT2D eigenvalue weighted by Gasteiger charge is 2.42. The summed E-state index contributed by atoms with van der Waals surface area (Å²) in [5, 5.41) is 4.42. The van der Waals surface area contributed by atoms with Crippen molar-refractivity contribution < 1.29 is 4.42 Å². The largest absolute Gasteiger partial charge is 0.422 e. The van der Waals surface area contributed by atoms with Crippen molar-refractivity contribution in [1.29, 1.82) is 0 Å². The lowest BCUT2D eigenvalue weighted by molar-refractivity contribution is 0.398. The molecule has 5 heteroatoms. The molecule has 0 fully saturated rings. The van der Waals surface area contributed by atoms with Crippen molar-refractivity contribution in [2.24, 2.45) is 0 Å². The van der Waals surface area contributed by atoms with Crippen LogP contribution in [0.5, 0.6) is 0 Å². The maximum Gasteiger partial charge on any atom is 0.342 e. The zero-order valence-corrected chi connectivity index (χ0v) is 19.4. The van der Waals surface area contributed by atoms with Crippen LogP contribution in [0, 0.1) is 0 Å². The van der Waals surface area contributed by atoms with Crippen LogP contribution in [0.1, 0.15) is 62.6 Å². The van der Waals surface area contributed by atoms with E-state index in [2.05, 4.69) is 62.2 Å². The molecule has 0 aliphatic carbocycles. The molecule has 2 aromatic carbocycles. The Morgan fingerprint density at radius 2 is 1.81 bits per heavy atom. The van der Waals surface area contributed by atoms with E-state index in [1.807, 2.05) is 12.1 Å². The van der Waals surface area contributed by atoms with Gasteiger partial charge in [0.15, 0.2) is 0 Å². The molecule has 4 nitrogen and oxygen atoms in total. The molecule has 3 aliphatic rings. The van der Waals surface area contributed by atoms with Crippen molar-refractivity contribution in [2.75, 3.05) is 23.3 Å². The fourth-order valence-electron chi connectivity index (χ4n) is 5.48. The summed E-state index contributed by atoms with van der Waals surface area (Å²) in [6.45, 7) is 11.4. The molecule has 1 atom stereocenters. The van der Waals surface area contributed by atoms with Crippen LogP contribution >= 0.6 is 11.8 Å². The lowest BCUT2D eigenvalue weighted by Gasteiger charge is -2.48. The monoisotopic (exact) mass is 432 g/mol. The number of fused-ring (bicyclic) bond motifs is 3. The topological polar surface area (TPSA) is 45.5 Å². The Morgan fingerprint density at radius 3 is 2.58 bits per heavy atom. The normalized spacial score (nSPS) is 22.7. The van der Waals surface area contributed by atoms with Crippen LogP contribution < -0.4 is 15.8 Å². The first-order chi connectivity index (χ1) is 14.7. The molecule has 3 aromatic rings. The second-order valence-electron chi connectivity index (χ2n) is 10.4. The van der Waals surface area contributed by atoms with Gasteiger partial charge in [-0.2, -0.15) is 0 Å². The SMILES string of the molecule is CC1(C)CCN2CCC(C)(C)c3c2c1cc1cc(C2Nc4ccccc4S2)c(=O)oc31. The molecular weight excluding hydrogens is 404 g/mol. The zero-order chi connectivity index (χ0) is 21.5. The lowest BCUT2D eigenvalue weighted by Crippen LogP contribution is -2.44. The fourth-order valence-corrected chi connectivity index (χ4v) is 6.62. The first-order valence-corrected chi connectivity index (χ1v) is 12.1. The predicted molar refractivity (Wildman–Crippen MR) is 129 cm³/mol. The summed E-state index contributed by atoms with van der Waals surface area (Å²) in [7, 11) is 0. The van der Waals surface area contributed by atoms with Gasteiger partial charge in [0, 0.05) is 40.3 Å². The van der Waals surface area contributed by atoms with Crippen LogP contribution in [0.2, 0.25) is 0 Å². The molecule has 0 spiro atoms. The van der Waals surface area contributed by atoms with E-state index >= 15 is 0 Å². The Bertz CT molecular complexity index is 1260. The number of hydrogen-bond donors (Lipinski definition) is 1. The van der Waals surface area contributed by atoms with Crippen LogP contribution in [0.3, 0.4) is 0 Å². The van der Waals surface area contributed by atoms with Crippen molar-refractivity contribution in [3.63, 3.8) is 0 Å². The number of thioether (sulfide) groups is 1. The number of rotatable bonds is 1. The second kappa shape index (κ2) is 6.32. The Kier molecular flexibility index (Phi) is 3.93. The van der Waals surface area contributed by atoms with Crippen LogP contribution in [-0.4, -0.2) is 13.1 Å². The predicted octanol–water partition coefficient (Wildman–Crippen LogP) is 6.18. The third-order valence-corrected chi connectivity index (χ3v) is 8.68. The summed E-state index contributed by atoms with van der Waals surface area (Å²) in [6, 6.07) is 12.6. The van der Waals surface area contributed by atoms with Gasteiger partial charge < -0.3 is 14.6 Å². The number of nitrogens with one attached hydrogen (secondary N) is 1. The molecule has 1 N–H and O–H groups in total. The minimum atomic E-state index is -0.232. The van der Waals surface area contributed by atoms with E-state index in [1.165, 1.54) is 21.7 Å². The van der Waals surface area contributed by atoms with Crippen molar-refractivity contribution in [3.05, 3.63) is 63.5 Å². The first kappa shape index (κ1) is 19.3. The summed E-state index contributed by atoms with van der Waals surface area (Å²) in [5.74, 6) is 0. The summed E-state index contributed by atoms with van der Waals surface area (Å²) in [4.78, 5) is 16.9. The van der Waals surface area contributed by atoms with Crippen LogP contribution in [0.15, 0.2) is 50.5 Å². The highest BCUT2D eigenvalue weighted by atomic mass is 32.2. The molecular formula is C26H28N2O2S. The molecule has 6 rings (SSSR count). The number of benzene rings is 2. The van der Waals surface area contributed by atoms with E-state index in [4.69, 9.17) is 4.42 Å². The van der Waals surface area contributed by atoms with Crippen LogP contribution in [0.4, 0.5) is 11.4 Å². The third kappa shape index (κ3) is 2.78. The van der Waals surface area contributed by atoms with Crippen molar-refractivity contribution in [1.82, 2.24) is 0 Å². The maximum absolute atomic E-state index is 13.2. The van der Waals surface area contributed by atoms with Crippen molar-refractivity contribution in [3.8, 4) is 0 Å². The average Bonchev–Trinajstić information content (AvgIpc) is 3.15. The van der Waals surface area contributed by atoms with E-state index in [0.29, 0.717) is 5.56 Å². The molecule has 31 heavy (non-hydrogen) atoms. The molecule has 0 saturated heterocycles. The number of anilines is 2. The van der Waals surface area contributed by atoms with E-state index in [0.717, 1.165) is 42.6 Å². The van der Waals surface area contributed by atoms with Gasteiger partial charge in [0.25, 0.3) is 0 Å². The van der Waals surface area contributed by atoms with Gasteiger partial charge in [-0.15, -0.1) is 0 Å². The molecule has 4 heterocycles. The van der Waals surface area contributed by atoms with Crippen molar-refractivity contribution >= 4 is 34.1 Å². The van der Waals surface area contributed by atoms with Crippen LogP contribution in [-0.2, 0) is 10.8 Å².